The lowest BCUT2D eigenvalue weighted by atomic mass is 10.1. The molecule has 34 heavy (non-hydrogen) atoms. The van der Waals surface area contributed by atoms with Crippen molar-refractivity contribution >= 4 is 33.1 Å². The Bertz CT molecular complexity index is 1430. The standard InChI is InChI=1S/C25H24N4O4S/c1-16-7-9-18(10-8-16)21-14-34-24-23(21)25(31)28(15-26-24)12-11-22(30)27(3)17(2)19-5-4-6-20(13-19)29(32)33/h4-10,13-15,17H,11-12H2,1-3H3/t17-/m1/s1. The Morgan fingerprint density at radius 3 is 2.68 bits per heavy atom. The van der Waals surface area contributed by atoms with E-state index < -0.39 is 4.92 Å². The minimum atomic E-state index is -0.455. The molecule has 0 N–H and O–H groups in total. The van der Waals surface area contributed by atoms with Crippen LogP contribution >= 0.6 is 11.3 Å². The molecule has 2 aromatic carbocycles. The number of rotatable bonds is 7. The first kappa shape index (κ1) is 23.3. The molecule has 0 fully saturated rings. The van der Waals surface area contributed by atoms with Gasteiger partial charge in [0.15, 0.2) is 0 Å². The number of aromatic nitrogens is 2. The highest BCUT2D eigenvalue weighted by molar-refractivity contribution is 7.17. The summed E-state index contributed by atoms with van der Waals surface area (Å²) in [7, 11) is 1.66. The van der Waals surface area contributed by atoms with Gasteiger partial charge in [0.2, 0.25) is 5.91 Å². The highest BCUT2D eigenvalue weighted by Crippen LogP contribution is 2.30. The molecule has 0 saturated heterocycles. The number of hydrogen-bond acceptors (Lipinski definition) is 6. The summed E-state index contributed by atoms with van der Waals surface area (Å²) in [6.45, 7) is 4.02. The fourth-order valence-corrected chi connectivity index (χ4v) is 4.71. The molecule has 0 saturated carbocycles. The largest absolute Gasteiger partial charge is 0.339 e. The maximum Gasteiger partial charge on any atom is 0.269 e. The summed E-state index contributed by atoms with van der Waals surface area (Å²) in [6.07, 6.45) is 1.59. The summed E-state index contributed by atoms with van der Waals surface area (Å²) >= 11 is 1.42. The predicted molar refractivity (Wildman–Crippen MR) is 133 cm³/mol. The van der Waals surface area contributed by atoms with Crippen LogP contribution in [0.2, 0.25) is 0 Å². The summed E-state index contributed by atoms with van der Waals surface area (Å²) < 4.78 is 1.47. The third-order valence-corrected chi connectivity index (χ3v) is 6.91. The maximum atomic E-state index is 13.2. The van der Waals surface area contributed by atoms with Gasteiger partial charge in [-0.2, -0.15) is 0 Å². The highest BCUT2D eigenvalue weighted by Gasteiger charge is 2.20. The molecule has 0 aliphatic carbocycles. The minimum absolute atomic E-state index is 0.0173. The number of hydrogen-bond donors (Lipinski definition) is 0. The van der Waals surface area contributed by atoms with Crippen LogP contribution in [0.1, 0.15) is 30.5 Å². The number of carbonyl (C=O) groups excluding carboxylic acids is 1. The van der Waals surface area contributed by atoms with Crippen molar-refractivity contribution in [2.24, 2.45) is 0 Å². The van der Waals surface area contributed by atoms with Gasteiger partial charge in [-0.05, 0) is 25.0 Å². The molecule has 0 radical (unpaired) electrons. The zero-order valence-corrected chi connectivity index (χ0v) is 19.9. The minimum Gasteiger partial charge on any atom is -0.339 e. The number of aryl methyl sites for hydroxylation is 2. The smallest absolute Gasteiger partial charge is 0.269 e. The number of nitro groups is 1. The van der Waals surface area contributed by atoms with E-state index in [1.165, 1.54) is 34.4 Å². The lowest BCUT2D eigenvalue weighted by molar-refractivity contribution is -0.384. The van der Waals surface area contributed by atoms with E-state index >= 15 is 0 Å². The number of benzene rings is 2. The summed E-state index contributed by atoms with van der Waals surface area (Å²) in [5.74, 6) is -0.171. The molecular weight excluding hydrogens is 452 g/mol. The zero-order valence-electron chi connectivity index (χ0n) is 19.1. The van der Waals surface area contributed by atoms with Gasteiger partial charge >= 0.3 is 0 Å². The molecule has 4 aromatic rings. The van der Waals surface area contributed by atoms with Crippen molar-refractivity contribution in [3.63, 3.8) is 0 Å². The van der Waals surface area contributed by atoms with Crippen molar-refractivity contribution < 1.29 is 9.72 Å². The van der Waals surface area contributed by atoms with Crippen LogP contribution < -0.4 is 5.56 Å². The molecule has 9 heteroatoms. The third-order valence-electron chi connectivity index (χ3n) is 6.03. The van der Waals surface area contributed by atoms with Crippen LogP contribution in [0.15, 0.2) is 65.0 Å². The molecule has 2 aromatic heterocycles. The Hall–Kier alpha value is -3.85. The molecule has 0 spiro atoms. The number of fused-ring (bicyclic) bond motifs is 1. The second kappa shape index (κ2) is 9.56. The van der Waals surface area contributed by atoms with Crippen molar-refractivity contribution in [1.29, 1.82) is 0 Å². The summed E-state index contributed by atoms with van der Waals surface area (Å²) in [5.41, 5.74) is 3.41. The van der Waals surface area contributed by atoms with E-state index in [1.54, 1.807) is 24.1 Å². The van der Waals surface area contributed by atoms with Gasteiger partial charge in [0, 0.05) is 43.1 Å². The Morgan fingerprint density at radius 1 is 1.24 bits per heavy atom. The van der Waals surface area contributed by atoms with E-state index in [-0.39, 0.29) is 36.2 Å². The van der Waals surface area contributed by atoms with E-state index in [9.17, 15) is 19.7 Å². The van der Waals surface area contributed by atoms with Crippen LogP contribution in [-0.4, -0.2) is 32.3 Å². The van der Waals surface area contributed by atoms with E-state index in [0.29, 0.717) is 15.8 Å². The van der Waals surface area contributed by atoms with Crippen LogP contribution in [0.25, 0.3) is 21.3 Å². The quantitative estimate of drug-likeness (QED) is 0.278. The van der Waals surface area contributed by atoms with Crippen LogP contribution in [0, 0.1) is 17.0 Å². The van der Waals surface area contributed by atoms with Crippen molar-refractivity contribution in [3.05, 3.63) is 91.8 Å². The van der Waals surface area contributed by atoms with Crippen LogP contribution in [-0.2, 0) is 11.3 Å². The average molecular weight is 477 g/mol. The Labute approximate surface area is 200 Å². The first-order chi connectivity index (χ1) is 16.3. The lowest BCUT2D eigenvalue weighted by Gasteiger charge is -2.25. The van der Waals surface area contributed by atoms with Crippen LogP contribution in [0.4, 0.5) is 5.69 Å². The van der Waals surface area contributed by atoms with Crippen LogP contribution in [0.3, 0.4) is 0 Å². The van der Waals surface area contributed by atoms with Crippen molar-refractivity contribution in [1.82, 2.24) is 14.5 Å². The molecule has 174 valence electrons. The highest BCUT2D eigenvalue weighted by atomic mass is 32.1. The SMILES string of the molecule is Cc1ccc(-c2csc3ncn(CCC(=O)N(C)[C@H](C)c4cccc([N+](=O)[O-])c4)c(=O)c23)cc1. The number of amides is 1. The number of thiophene rings is 1. The van der Waals surface area contributed by atoms with Gasteiger partial charge < -0.3 is 4.90 Å². The molecular formula is C25H24N4O4S. The zero-order chi connectivity index (χ0) is 24.4. The monoisotopic (exact) mass is 476 g/mol. The molecule has 1 atom stereocenters. The van der Waals surface area contributed by atoms with Crippen molar-refractivity contribution in [3.8, 4) is 11.1 Å². The second-order valence-electron chi connectivity index (χ2n) is 8.22. The second-order valence-corrected chi connectivity index (χ2v) is 9.08. The topological polar surface area (TPSA) is 98.3 Å². The normalized spacial score (nSPS) is 12.0. The molecule has 0 aliphatic heterocycles. The lowest BCUT2D eigenvalue weighted by Crippen LogP contribution is -2.31. The fraction of sp³-hybridized carbons (Fsp3) is 0.240. The number of carbonyl (C=O) groups is 1. The third kappa shape index (κ3) is 4.60. The summed E-state index contributed by atoms with van der Waals surface area (Å²) in [5, 5.41) is 13.6. The summed E-state index contributed by atoms with van der Waals surface area (Å²) in [4.78, 5) is 43.3. The Morgan fingerprint density at radius 2 is 1.97 bits per heavy atom. The van der Waals surface area contributed by atoms with E-state index in [1.807, 2.05) is 43.5 Å². The molecule has 8 nitrogen and oxygen atoms in total. The maximum absolute atomic E-state index is 13.2. The number of nitro benzene ring substituents is 1. The van der Waals surface area contributed by atoms with Crippen molar-refractivity contribution in [2.75, 3.05) is 7.05 Å². The van der Waals surface area contributed by atoms with Gasteiger partial charge in [0.25, 0.3) is 11.2 Å². The molecule has 0 unspecified atom stereocenters. The fourth-order valence-electron chi connectivity index (χ4n) is 3.80. The first-order valence-corrected chi connectivity index (χ1v) is 11.7. The van der Waals surface area contributed by atoms with Gasteiger partial charge in [-0.25, -0.2) is 4.98 Å². The molecule has 0 bridgehead atoms. The van der Waals surface area contributed by atoms with Gasteiger partial charge in [0.05, 0.1) is 22.7 Å². The van der Waals surface area contributed by atoms with Gasteiger partial charge in [-0.1, -0.05) is 42.0 Å². The number of non-ortho nitro benzene ring substituents is 1. The number of nitrogens with zero attached hydrogens (tertiary/aromatic N) is 4. The molecule has 2 heterocycles. The van der Waals surface area contributed by atoms with Crippen LogP contribution in [0.5, 0.6) is 0 Å². The Kier molecular flexibility index (Phi) is 6.56. The van der Waals surface area contributed by atoms with E-state index in [4.69, 9.17) is 0 Å². The molecule has 0 aliphatic rings. The van der Waals surface area contributed by atoms with Crippen molar-refractivity contribution in [2.45, 2.75) is 32.9 Å². The first-order valence-electron chi connectivity index (χ1n) is 10.8. The van der Waals surface area contributed by atoms with E-state index in [0.717, 1.165) is 16.7 Å². The van der Waals surface area contributed by atoms with E-state index in [2.05, 4.69) is 4.98 Å². The van der Waals surface area contributed by atoms with Gasteiger partial charge in [0.1, 0.15) is 4.83 Å². The molecule has 1 amide bonds. The average Bonchev–Trinajstić information content (AvgIpc) is 3.28. The predicted octanol–water partition coefficient (Wildman–Crippen LogP) is 4.95. The summed E-state index contributed by atoms with van der Waals surface area (Å²) in [6, 6.07) is 13.9. The van der Waals surface area contributed by atoms with Gasteiger partial charge in [-0.15, -0.1) is 11.3 Å². The Balaban J connectivity index is 1.52. The van der Waals surface area contributed by atoms with Gasteiger partial charge in [-0.3, -0.25) is 24.3 Å². The molecule has 4 rings (SSSR count).